The number of primary amides is 1. The maximum Gasteiger partial charge on any atom is 0.267 e. The Kier molecular flexibility index (Phi) is 7.36. The molecule has 0 bridgehead atoms. The van der Waals surface area contributed by atoms with Gasteiger partial charge in [-0.3, -0.25) is 19.4 Å². The van der Waals surface area contributed by atoms with Gasteiger partial charge in [-0.25, -0.2) is 4.98 Å². The van der Waals surface area contributed by atoms with Crippen molar-refractivity contribution in [1.82, 2.24) is 24.7 Å². The summed E-state index contributed by atoms with van der Waals surface area (Å²) < 4.78 is 12.5. The van der Waals surface area contributed by atoms with E-state index in [1.54, 1.807) is 31.8 Å². The number of methoxy groups -OCH3 is 1. The normalized spacial score (nSPS) is 11.0. The Labute approximate surface area is 197 Å². The molecule has 0 unspecified atom stereocenters. The van der Waals surface area contributed by atoms with Crippen molar-refractivity contribution in [2.75, 3.05) is 26.9 Å². The minimum atomic E-state index is -0.595. The Morgan fingerprint density at radius 2 is 1.94 bits per heavy atom. The monoisotopic (exact) mass is 458 g/mol. The van der Waals surface area contributed by atoms with Gasteiger partial charge in [-0.15, -0.1) is 0 Å². The molecule has 0 aliphatic carbocycles. The van der Waals surface area contributed by atoms with Crippen LogP contribution in [0.25, 0.3) is 33.8 Å². The average molecular weight is 459 g/mol. The van der Waals surface area contributed by atoms with Gasteiger partial charge in [0.2, 0.25) is 0 Å². The number of hydrogen-bond donors (Lipinski definition) is 1. The number of aryl methyl sites for hydroxylation is 1. The Bertz CT molecular complexity index is 1270. The zero-order valence-corrected chi connectivity index (χ0v) is 19.1. The van der Waals surface area contributed by atoms with Crippen molar-refractivity contribution in [3.05, 3.63) is 72.4 Å². The van der Waals surface area contributed by atoms with Crippen LogP contribution < -0.4 is 5.73 Å². The van der Waals surface area contributed by atoms with Gasteiger partial charge in [0.1, 0.15) is 11.4 Å². The molecule has 0 aromatic carbocycles. The SMILES string of the molecule is COCCOCCn1cc(-c2ccc(C(N)=O)nc2-c2cncc(C)c2)c(-c2ccccn2)n1. The number of amides is 1. The summed E-state index contributed by atoms with van der Waals surface area (Å²) in [5.74, 6) is -0.595. The molecule has 174 valence electrons. The number of carbonyl (C=O) groups excluding carboxylic acids is 1. The van der Waals surface area contributed by atoms with Crippen LogP contribution in [0, 0.1) is 6.92 Å². The van der Waals surface area contributed by atoms with E-state index in [1.165, 1.54) is 0 Å². The van der Waals surface area contributed by atoms with Crippen LogP contribution >= 0.6 is 0 Å². The molecule has 1 amide bonds. The van der Waals surface area contributed by atoms with Crippen molar-refractivity contribution in [3.63, 3.8) is 0 Å². The summed E-state index contributed by atoms with van der Waals surface area (Å²) in [6.07, 6.45) is 7.16. The summed E-state index contributed by atoms with van der Waals surface area (Å²) in [6, 6.07) is 11.1. The van der Waals surface area contributed by atoms with E-state index in [1.807, 2.05) is 48.1 Å². The first-order valence-electron chi connectivity index (χ1n) is 10.9. The summed E-state index contributed by atoms with van der Waals surface area (Å²) in [6.45, 7) is 4.04. The molecule has 0 aliphatic heterocycles. The largest absolute Gasteiger partial charge is 0.382 e. The van der Waals surface area contributed by atoms with E-state index in [0.717, 1.165) is 27.9 Å². The van der Waals surface area contributed by atoms with E-state index in [0.29, 0.717) is 37.8 Å². The van der Waals surface area contributed by atoms with E-state index in [4.69, 9.17) is 20.3 Å². The standard InChI is InChI=1S/C25H26N6O3/c1-17-13-18(15-27-14-17)23-19(6-7-22(29-23)25(26)32)20-16-31(9-10-34-12-11-33-2)30-24(20)21-5-3-4-8-28-21/h3-8,13-16H,9-12H2,1-2H3,(H2,26,32). The van der Waals surface area contributed by atoms with Crippen LogP contribution in [0.5, 0.6) is 0 Å². The molecule has 4 aromatic rings. The highest BCUT2D eigenvalue weighted by molar-refractivity contribution is 5.94. The number of ether oxygens (including phenoxy) is 2. The van der Waals surface area contributed by atoms with Crippen LogP contribution in [0.2, 0.25) is 0 Å². The third kappa shape index (κ3) is 5.33. The van der Waals surface area contributed by atoms with Gasteiger partial charge >= 0.3 is 0 Å². The second-order valence-corrected chi connectivity index (χ2v) is 7.68. The van der Waals surface area contributed by atoms with Crippen molar-refractivity contribution in [2.24, 2.45) is 5.73 Å². The van der Waals surface area contributed by atoms with Gasteiger partial charge in [0.25, 0.3) is 5.91 Å². The van der Waals surface area contributed by atoms with Gasteiger partial charge < -0.3 is 15.2 Å². The Morgan fingerprint density at radius 1 is 1.06 bits per heavy atom. The van der Waals surface area contributed by atoms with Crippen molar-refractivity contribution in [1.29, 1.82) is 0 Å². The molecular weight excluding hydrogens is 432 g/mol. The molecule has 0 saturated carbocycles. The highest BCUT2D eigenvalue weighted by Crippen LogP contribution is 2.36. The fourth-order valence-corrected chi connectivity index (χ4v) is 3.55. The van der Waals surface area contributed by atoms with E-state index in [2.05, 4.69) is 15.0 Å². The second-order valence-electron chi connectivity index (χ2n) is 7.68. The topological polar surface area (TPSA) is 118 Å². The van der Waals surface area contributed by atoms with Crippen molar-refractivity contribution < 1.29 is 14.3 Å². The van der Waals surface area contributed by atoms with Crippen molar-refractivity contribution >= 4 is 5.91 Å². The lowest BCUT2D eigenvalue weighted by atomic mass is 9.98. The highest BCUT2D eigenvalue weighted by atomic mass is 16.5. The Morgan fingerprint density at radius 3 is 2.68 bits per heavy atom. The second kappa shape index (κ2) is 10.8. The Hall–Kier alpha value is -3.95. The third-order valence-electron chi connectivity index (χ3n) is 5.15. The molecule has 4 rings (SSSR count). The lowest BCUT2D eigenvalue weighted by Gasteiger charge is -2.11. The fourth-order valence-electron chi connectivity index (χ4n) is 3.55. The van der Waals surface area contributed by atoms with Crippen molar-refractivity contribution in [3.8, 4) is 33.8 Å². The maximum atomic E-state index is 11.9. The number of nitrogens with two attached hydrogens (primary N) is 1. The average Bonchev–Trinajstić information content (AvgIpc) is 3.28. The minimum Gasteiger partial charge on any atom is -0.382 e. The minimum absolute atomic E-state index is 0.179. The summed E-state index contributed by atoms with van der Waals surface area (Å²) >= 11 is 0. The molecule has 0 radical (unpaired) electrons. The van der Waals surface area contributed by atoms with Gasteiger partial charge in [-0.2, -0.15) is 5.10 Å². The molecule has 9 nitrogen and oxygen atoms in total. The van der Waals surface area contributed by atoms with Crippen LogP contribution in [-0.2, 0) is 16.0 Å². The molecule has 0 fully saturated rings. The van der Waals surface area contributed by atoms with E-state index in [9.17, 15) is 4.79 Å². The zero-order chi connectivity index (χ0) is 23.9. The fraction of sp³-hybridized carbons (Fsp3) is 0.240. The molecule has 2 N–H and O–H groups in total. The molecular formula is C25H26N6O3. The molecule has 4 heterocycles. The number of aromatic nitrogens is 5. The van der Waals surface area contributed by atoms with Crippen LogP contribution in [-0.4, -0.2) is 57.6 Å². The molecule has 0 aliphatic rings. The molecule has 4 aromatic heterocycles. The lowest BCUT2D eigenvalue weighted by Crippen LogP contribution is -2.13. The molecule has 0 saturated heterocycles. The van der Waals surface area contributed by atoms with Gasteiger partial charge in [0.05, 0.1) is 37.8 Å². The number of rotatable bonds is 10. The van der Waals surface area contributed by atoms with Crippen LogP contribution in [0.3, 0.4) is 0 Å². The first-order chi connectivity index (χ1) is 16.6. The third-order valence-corrected chi connectivity index (χ3v) is 5.15. The lowest BCUT2D eigenvalue weighted by molar-refractivity contribution is 0.0654. The smallest absolute Gasteiger partial charge is 0.267 e. The quantitative estimate of drug-likeness (QED) is 0.363. The zero-order valence-electron chi connectivity index (χ0n) is 19.1. The first-order valence-corrected chi connectivity index (χ1v) is 10.9. The molecule has 9 heteroatoms. The van der Waals surface area contributed by atoms with E-state index >= 15 is 0 Å². The van der Waals surface area contributed by atoms with Gasteiger partial charge in [-0.1, -0.05) is 6.07 Å². The summed E-state index contributed by atoms with van der Waals surface area (Å²) in [5, 5.41) is 4.79. The van der Waals surface area contributed by atoms with Gasteiger partial charge in [0.15, 0.2) is 0 Å². The maximum absolute atomic E-state index is 11.9. The van der Waals surface area contributed by atoms with Crippen LogP contribution in [0.15, 0.2) is 61.2 Å². The molecule has 0 atom stereocenters. The summed E-state index contributed by atoms with van der Waals surface area (Å²) in [5.41, 5.74) is 11.1. The number of carbonyl (C=O) groups is 1. The van der Waals surface area contributed by atoms with Gasteiger partial charge in [-0.05, 0) is 42.8 Å². The molecule has 0 spiro atoms. The van der Waals surface area contributed by atoms with E-state index < -0.39 is 5.91 Å². The number of pyridine rings is 3. The number of hydrogen-bond acceptors (Lipinski definition) is 7. The van der Waals surface area contributed by atoms with Gasteiger partial charge in [0, 0.05) is 48.6 Å². The van der Waals surface area contributed by atoms with Crippen LogP contribution in [0.4, 0.5) is 0 Å². The predicted molar refractivity (Wildman–Crippen MR) is 128 cm³/mol. The van der Waals surface area contributed by atoms with E-state index in [-0.39, 0.29) is 5.69 Å². The summed E-state index contributed by atoms with van der Waals surface area (Å²) in [4.78, 5) is 25.3. The summed E-state index contributed by atoms with van der Waals surface area (Å²) in [7, 11) is 1.64. The Balaban J connectivity index is 1.81. The van der Waals surface area contributed by atoms with Crippen molar-refractivity contribution in [2.45, 2.75) is 13.5 Å². The first kappa shape index (κ1) is 23.2. The van der Waals surface area contributed by atoms with Crippen LogP contribution in [0.1, 0.15) is 16.1 Å². The molecule has 34 heavy (non-hydrogen) atoms. The number of nitrogens with zero attached hydrogens (tertiary/aromatic N) is 5. The highest BCUT2D eigenvalue weighted by Gasteiger charge is 2.20. The predicted octanol–water partition coefficient (Wildman–Crippen LogP) is 3.14.